The molecule has 4 nitrogen and oxygen atoms in total. The molecule has 1 aromatic carbocycles. The van der Waals surface area contributed by atoms with Crippen molar-refractivity contribution in [2.24, 2.45) is 0 Å². The van der Waals surface area contributed by atoms with Gasteiger partial charge in [-0.1, -0.05) is 0 Å². The van der Waals surface area contributed by atoms with Crippen LogP contribution in [0.5, 0.6) is 11.5 Å². The number of carbonyl (C=O) groups is 1. The Morgan fingerprint density at radius 1 is 1.40 bits per heavy atom. The van der Waals surface area contributed by atoms with Gasteiger partial charge in [0.1, 0.15) is 12.9 Å². The number of aldehydes is 1. The highest BCUT2D eigenvalue weighted by molar-refractivity contribution is 9.10. The standard InChI is InChI=1S/C15H19BrO4/c1-3-18-14-7-11(8-17)6-13(16)15(14)19-9-12-5-4-10(2)20-12/h6-8,10,12H,3-5,9H2,1-2H3. The van der Waals surface area contributed by atoms with Gasteiger partial charge in [0.05, 0.1) is 23.3 Å². The molecule has 110 valence electrons. The number of hydrogen-bond acceptors (Lipinski definition) is 4. The molecule has 1 heterocycles. The number of ether oxygens (including phenoxy) is 3. The van der Waals surface area contributed by atoms with Crippen LogP contribution < -0.4 is 9.47 Å². The minimum absolute atomic E-state index is 0.122. The summed E-state index contributed by atoms with van der Waals surface area (Å²) in [4.78, 5) is 10.9. The van der Waals surface area contributed by atoms with Gasteiger partial charge in [0.25, 0.3) is 0 Å². The Bertz CT molecular complexity index is 475. The zero-order chi connectivity index (χ0) is 14.5. The summed E-state index contributed by atoms with van der Waals surface area (Å²) >= 11 is 3.43. The molecule has 0 aliphatic carbocycles. The fourth-order valence-electron chi connectivity index (χ4n) is 2.24. The second-order valence-corrected chi connectivity index (χ2v) is 5.69. The first-order valence-electron chi connectivity index (χ1n) is 6.83. The Morgan fingerprint density at radius 3 is 2.80 bits per heavy atom. The number of carbonyl (C=O) groups excluding carboxylic acids is 1. The zero-order valence-electron chi connectivity index (χ0n) is 11.7. The van der Waals surface area contributed by atoms with Crippen LogP contribution in [0, 0.1) is 0 Å². The average molecular weight is 343 g/mol. The van der Waals surface area contributed by atoms with Crippen molar-refractivity contribution in [3.8, 4) is 11.5 Å². The second kappa shape index (κ2) is 7.09. The molecule has 1 aliphatic heterocycles. The van der Waals surface area contributed by atoms with Gasteiger partial charge >= 0.3 is 0 Å². The van der Waals surface area contributed by atoms with Crippen LogP contribution in [-0.4, -0.2) is 31.7 Å². The lowest BCUT2D eigenvalue weighted by atomic mass is 10.2. The van der Waals surface area contributed by atoms with E-state index in [0.717, 1.165) is 23.6 Å². The third kappa shape index (κ3) is 3.73. The molecule has 2 atom stereocenters. The van der Waals surface area contributed by atoms with Crippen molar-refractivity contribution in [3.05, 3.63) is 22.2 Å². The van der Waals surface area contributed by atoms with Gasteiger partial charge in [0.15, 0.2) is 11.5 Å². The van der Waals surface area contributed by atoms with E-state index in [9.17, 15) is 4.79 Å². The van der Waals surface area contributed by atoms with E-state index in [1.165, 1.54) is 0 Å². The minimum atomic E-state index is 0.122. The Labute approximate surface area is 127 Å². The van der Waals surface area contributed by atoms with Gasteiger partial charge < -0.3 is 14.2 Å². The van der Waals surface area contributed by atoms with Crippen LogP contribution in [0.1, 0.15) is 37.0 Å². The molecule has 20 heavy (non-hydrogen) atoms. The lowest BCUT2D eigenvalue weighted by Gasteiger charge is -2.17. The van der Waals surface area contributed by atoms with Crippen LogP contribution in [0.4, 0.5) is 0 Å². The van der Waals surface area contributed by atoms with E-state index in [4.69, 9.17) is 14.2 Å². The van der Waals surface area contributed by atoms with Crippen molar-refractivity contribution in [1.82, 2.24) is 0 Å². The summed E-state index contributed by atoms with van der Waals surface area (Å²) in [5.74, 6) is 1.20. The number of benzene rings is 1. The van der Waals surface area contributed by atoms with E-state index < -0.39 is 0 Å². The van der Waals surface area contributed by atoms with E-state index in [-0.39, 0.29) is 6.10 Å². The second-order valence-electron chi connectivity index (χ2n) is 4.84. The van der Waals surface area contributed by atoms with Crippen LogP contribution in [0.15, 0.2) is 16.6 Å². The summed E-state index contributed by atoms with van der Waals surface area (Å²) in [6.07, 6.45) is 3.29. The molecule has 0 N–H and O–H groups in total. The highest BCUT2D eigenvalue weighted by Crippen LogP contribution is 2.37. The largest absolute Gasteiger partial charge is 0.490 e. The Morgan fingerprint density at radius 2 is 2.20 bits per heavy atom. The minimum Gasteiger partial charge on any atom is -0.490 e. The molecule has 5 heteroatoms. The molecular formula is C15H19BrO4. The molecule has 2 rings (SSSR count). The summed E-state index contributed by atoms with van der Waals surface area (Å²) in [7, 11) is 0. The maximum Gasteiger partial charge on any atom is 0.175 e. The molecule has 0 aromatic heterocycles. The first-order chi connectivity index (χ1) is 9.63. The topological polar surface area (TPSA) is 44.8 Å². The number of rotatable bonds is 6. The van der Waals surface area contributed by atoms with Crippen LogP contribution in [0.2, 0.25) is 0 Å². The third-order valence-corrected chi connectivity index (χ3v) is 3.79. The van der Waals surface area contributed by atoms with Gasteiger partial charge in [-0.3, -0.25) is 4.79 Å². The molecule has 2 unspecified atom stereocenters. The Kier molecular flexibility index (Phi) is 5.43. The molecule has 1 saturated heterocycles. The van der Waals surface area contributed by atoms with Gasteiger partial charge in [-0.15, -0.1) is 0 Å². The highest BCUT2D eigenvalue weighted by Gasteiger charge is 2.23. The molecule has 0 bridgehead atoms. The predicted molar refractivity (Wildman–Crippen MR) is 79.8 cm³/mol. The zero-order valence-corrected chi connectivity index (χ0v) is 13.3. The van der Waals surface area contributed by atoms with Crippen LogP contribution in [-0.2, 0) is 4.74 Å². The summed E-state index contributed by atoms with van der Waals surface area (Å²) in [5, 5.41) is 0. The van der Waals surface area contributed by atoms with Gasteiger partial charge in [-0.05, 0) is 54.8 Å². The maximum absolute atomic E-state index is 10.9. The summed E-state index contributed by atoms with van der Waals surface area (Å²) in [6.45, 7) is 4.97. The molecule has 0 radical (unpaired) electrons. The first kappa shape index (κ1) is 15.3. The van der Waals surface area contributed by atoms with Gasteiger partial charge in [0.2, 0.25) is 0 Å². The van der Waals surface area contributed by atoms with Gasteiger partial charge in [0, 0.05) is 5.56 Å². The SMILES string of the molecule is CCOc1cc(C=O)cc(Br)c1OCC1CCC(C)O1. The van der Waals surface area contributed by atoms with Crippen molar-refractivity contribution in [2.45, 2.75) is 38.9 Å². The number of hydrogen-bond donors (Lipinski definition) is 0. The van der Waals surface area contributed by atoms with Crippen LogP contribution in [0.3, 0.4) is 0 Å². The van der Waals surface area contributed by atoms with Gasteiger partial charge in [-0.2, -0.15) is 0 Å². The quantitative estimate of drug-likeness (QED) is 0.741. The smallest absolute Gasteiger partial charge is 0.175 e. The van der Waals surface area contributed by atoms with Crippen LogP contribution >= 0.6 is 15.9 Å². The van der Waals surface area contributed by atoms with Crippen molar-refractivity contribution in [3.63, 3.8) is 0 Å². The van der Waals surface area contributed by atoms with E-state index in [2.05, 4.69) is 22.9 Å². The molecule has 0 spiro atoms. The van der Waals surface area contributed by atoms with Crippen molar-refractivity contribution >= 4 is 22.2 Å². The van der Waals surface area contributed by atoms with Gasteiger partial charge in [-0.25, -0.2) is 0 Å². The number of halogens is 1. The van der Waals surface area contributed by atoms with Crippen molar-refractivity contribution in [2.75, 3.05) is 13.2 Å². The fourth-order valence-corrected chi connectivity index (χ4v) is 2.82. The van der Waals surface area contributed by atoms with E-state index in [0.29, 0.717) is 36.4 Å². The first-order valence-corrected chi connectivity index (χ1v) is 7.63. The normalized spacial score (nSPS) is 21.8. The molecule has 0 amide bonds. The predicted octanol–water partition coefficient (Wildman–Crippen LogP) is 3.61. The lowest BCUT2D eigenvalue weighted by molar-refractivity contribution is 0.0256. The van der Waals surface area contributed by atoms with Crippen molar-refractivity contribution in [1.29, 1.82) is 0 Å². The monoisotopic (exact) mass is 342 g/mol. The molecule has 1 fully saturated rings. The summed E-state index contributed by atoms with van der Waals surface area (Å²) < 4.78 is 17.8. The molecular weight excluding hydrogens is 324 g/mol. The van der Waals surface area contributed by atoms with Crippen molar-refractivity contribution < 1.29 is 19.0 Å². The maximum atomic E-state index is 10.9. The van der Waals surface area contributed by atoms with Crippen LogP contribution in [0.25, 0.3) is 0 Å². The molecule has 1 aliphatic rings. The Hall–Kier alpha value is -1.07. The summed E-state index contributed by atoms with van der Waals surface area (Å²) in [6, 6.07) is 3.41. The Balaban J connectivity index is 2.10. The lowest BCUT2D eigenvalue weighted by Crippen LogP contribution is -2.18. The van der Waals surface area contributed by atoms with E-state index >= 15 is 0 Å². The summed E-state index contributed by atoms with van der Waals surface area (Å²) in [5.41, 5.74) is 0.554. The highest BCUT2D eigenvalue weighted by atomic mass is 79.9. The third-order valence-electron chi connectivity index (χ3n) is 3.20. The molecule has 0 saturated carbocycles. The molecule has 1 aromatic rings. The van der Waals surface area contributed by atoms with E-state index in [1.54, 1.807) is 12.1 Å². The fraction of sp³-hybridized carbons (Fsp3) is 0.533. The average Bonchev–Trinajstić information content (AvgIpc) is 2.83. The van der Waals surface area contributed by atoms with E-state index in [1.807, 2.05) is 6.92 Å².